The number of hydrogen-bond acceptors (Lipinski definition) is 3. The van der Waals surface area contributed by atoms with Gasteiger partial charge in [-0.3, -0.25) is 9.59 Å². The van der Waals surface area contributed by atoms with Gasteiger partial charge >= 0.3 is 0 Å². The molecule has 2 atom stereocenters. The zero-order valence-electron chi connectivity index (χ0n) is 13.8. The first-order chi connectivity index (χ1) is 10.4. The van der Waals surface area contributed by atoms with E-state index in [1.807, 2.05) is 51.0 Å². The molecule has 1 fully saturated rings. The van der Waals surface area contributed by atoms with Gasteiger partial charge in [0.1, 0.15) is 0 Å². The molecule has 22 heavy (non-hydrogen) atoms. The minimum atomic E-state index is -0.195. The summed E-state index contributed by atoms with van der Waals surface area (Å²) in [4.78, 5) is 26.2. The molecule has 0 radical (unpaired) electrons. The monoisotopic (exact) mass is 303 g/mol. The highest BCUT2D eigenvalue weighted by atomic mass is 16.2. The topological polar surface area (TPSA) is 61.4 Å². The molecule has 120 valence electrons. The van der Waals surface area contributed by atoms with E-state index >= 15 is 0 Å². The van der Waals surface area contributed by atoms with Crippen LogP contribution in [0.5, 0.6) is 0 Å². The van der Waals surface area contributed by atoms with Crippen LogP contribution < -0.4 is 10.6 Å². The van der Waals surface area contributed by atoms with Crippen molar-refractivity contribution < 1.29 is 9.59 Å². The lowest BCUT2D eigenvalue weighted by Gasteiger charge is -2.11. The Bertz CT molecular complexity index is 569. The fraction of sp³-hybridized carbons (Fsp3) is 0.529. The van der Waals surface area contributed by atoms with Crippen molar-refractivity contribution in [2.24, 2.45) is 11.8 Å². The first-order valence-electron chi connectivity index (χ1n) is 7.69. The number of nitrogens with zero attached hydrogens (tertiary/aromatic N) is 1. The van der Waals surface area contributed by atoms with E-state index in [1.54, 1.807) is 0 Å². The van der Waals surface area contributed by atoms with Crippen LogP contribution >= 0.6 is 0 Å². The molecule has 2 amide bonds. The zero-order chi connectivity index (χ0) is 16.3. The van der Waals surface area contributed by atoms with E-state index in [4.69, 9.17) is 0 Å². The lowest BCUT2D eigenvalue weighted by Crippen LogP contribution is -2.33. The highest BCUT2D eigenvalue weighted by Crippen LogP contribution is 2.39. The predicted molar refractivity (Wildman–Crippen MR) is 87.7 cm³/mol. The Morgan fingerprint density at radius 3 is 2.55 bits per heavy atom. The Balaban J connectivity index is 1.83. The van der Waals surface area contributed by atoms with E-state index in [2.05, 4.69) is 10.6 Å². The molecular weight excluding hydrogens is 278 g/mol. The largest absolute Gasteiger partial charge is 0.355 e. The third kappa shape index (κ3) is 4.31. The molecule has 0 bridgehead atoms. The van der Waals surface area contributed by atoms with E-state index < -0.39 is 0 Å². The van der Waals surface area contributed by atoms with Crippen LogP contribution in [-0.4, -0.2) is 43.9 Å². The van der Waals surface area contributed by atoms with Gasteiger partial charge < -0.3 is 15.5 Å². The van der Waals surface area contributed by atoms with Crippen molar-refractivity contribution in [2.45, 2.75) is 20.3 Å². The Morgan fingerprint density at radius 1 is 1.18 bits per heavy atom. The van der Waals surface area contributed by atoms with Gasteiger partial charge in [-0.25, -0.2) is 0 Å². The molecule has 0 aromatic heterocycles. The Hall–Kier alpha value is -1.88. The van der Waals surface area contributed by atoms with Crippen LogP contribution in [0.15, 0.2) is 18.2 Å². The molecule has 1 aliphatic carbocycles. The number of amides is 2. The maximum atomic E-state index is 12.2. The summed E-state index contributed by atoms with van der Waals surface area (Å²) >= 11 is 0. The van der Waals surface area contributed by atoms with Crippen molar-refractivity contribution in [3.05, 3.63) is 29.3 Å². The minimum absolute atomic E-state index is 0.0111. The van der Waals surface area contributed by atoms with Crippen LogP contribution in [0.3, 0.4) is 0 Å². The number of benzene rings is 1. The van der Waals surface area contributed by atoms with Gasteiger partial charge in [0, 0.05) is 18.8 Å². The number of aryl methyl sites for hydroxylation is 2. The number of nitrogens with one attached hydrogen (secondary N) is 2. The van der Waals surface area contributed by atoms with Gasteiger partial charge in [0.15, 0.2) is 0 Å². The second kappa shape index (κ2) is 6.92. The van der Waals surface area contributed by atoms with Crippen LogP contribution in [0.25, 0.3) is 0 Å². The van der Waals surface area contributed by atoms with Crippen LogP contribution in [0.2, 0.25) is 0 Å². The summed E-state index contributed by atoms with van der Waals surface area (Å²) in [7, 11) is 3.92. The van der Waals surface area contributed by atoms with Crippen molar-refractivity contribution >= 4 is 17.5 Å². The summed E-state index contributed by atoms with van der Waals surface area (Å²) < 4.78 is 0. The minimum Gasteiger partial charge on any atom is -0.355 e. The van der Waals surface area contributed by atoms with Crippen molar-refractivity contribution in [3.63, 3.8) is 0 Å². The summed E-state index contributed by atoms with van der Waals surface area (Å²) in [6, 6.07) is 5.97. The number of likely N-dealkylation sites (N-methyl/N-ethyl adjacent to an activating group) is 1. The standard InChI is InChI=1S/C17H25N3O2/c1-11-5-6-12(2)15(9-11)19-17(22)14-10-13(14)16(21)18-7-8-20(3)4/h5-6,9,13-14H,7-8,10H2,1-4H3,(H,18,21)(H,19,22). The number of anilines is 1. The fourth-order valence-corrected chi connectivity index (χ4v) is 2.40. The Labute approximate surface area is 132 Å². The van der Waals surface area contributed by atoms with E-state index in [-0.39, 0.29) is 23.7 Å². The summed E-state index contributed by atoms with van der Waals surface area (Å²) in [5.41, 5.74) is 2.98. The molecule has 5 nitrogen and oxygen atoms in total. The van der Waals surface area contributed by atoms with Gasteiger partial charge in [-0.1, -0.05) is 12.1 Å². The van der Waals surface area contributed by atoms with E-state index in [0.29, 0.717) is 13.0 Å². The van der Waals surface area contributed by atoms with Crippen molar-refractivity contribution in [2.75, 3.05) is 32.5 Å². The molecule has 5 heteroatoms. The van der Waals surface area contributed by atoms with Crippen molar-refractivity contribution in [3.8, 4) is 0 Å². The number of hydrogen-bond donors (Lipinski definition) is 2. The van der Waals surface area contributed by atoms with Crippen molar-refractivity contribution in [1.82, 2.24) is 10.2 Å². The van der Waals surface area contributed by atoms with Crippen LogP contribution in [0.1, 0.15) is 17.5 Å². The summed E-state index contributed by atoms with van der Waals surface area (Å²) in [5.74, 6) is -0.434. The third-order valence-corrected chi connectivity index (χ3v) is 3.97. The fourth-order valence-electron chi connectivity index (χ4n) is 2.40. The normalized spacial score (nSPS) is 19.9. The molecule has 0 spiro atoms. The van der Waals surface area contributed by atoms with Crippen molar-refractivity contribution in [1.29, 1.82) is 0 Å². The molecular formula is C17H25N3O2. The van der Waals surface area contributed by atoms with E-state index in [0.717, 1.165) is 23.4 Å². The van der Waals surface area contributed by atoms with E-state index in [9.17, 15) is 9.59 Å². The maximum absolute atomic E-state index is 12.2. The van der Waals surface area contributed by atoms with Crippen LogP contribution in [-0.2, 0) is 9.59 Å². The molecule has 2 unspecified atom stereocenters. The smallest absolute Gasteiger partial charge is 0.228 e. The molecule has 1 aromatic carbocycles. The first-order valence-corrected chi connectivity index (χ1v) is 7.69. The molecule has 0 aliphatic heterocycles. The molecule has 1 saturated carbocycles. The highest BCUT2D eigenvalue weighted by molar-refractivity contribution is 5.99. The summed E-state index contributed by atoms with van der Waals surface area (Å²) in [6.45, 7) is 5.38. The SMILES string of the molecule is Cc1ccc(C)c(NC(=O)C2CC2C(=O)NCCN(C)C)c1. The van der Waals surface area contributed by atoms with Gasteiger partial charge in [0.25, 0.3) is 0 Å². The maximum Gasteiger partial charge on any atom is 0.228 e. The molecule has 0 saturated heterocycles. The molecule has 0 heterocycles. The summed E-state index contributed by atoms with van der Waals surface area (Å²) in [5, 5.41) is 5.83. The van der Waals surface area contributed by atoms with Gasteiger partial charge in [0.05, 0.1) is 11.8 Å². The van der Waals surface area contributed by atoms with Gasteiger partial charge in [-0.05, 0) is 51.6 Å². The molecule has 2 rings (SSSR count). The lowest BCUT2D eigenvalue weighted by molar-refractivity contribution is -0.125. The number of carbonyl (C=O) groups is 2. The average molecular weight is 303 g/mol. The third-order valence-electron chi connectivity index (χ3n) is 3.97. The van der Waals surface area contributed by atoms with Crippen LogP contribution in [0, 0.1) is 25.7 Å². The number of carbonyl (C=O) groups excluding carboxylic acids is 2. The molecule has 1 aromatic rings. The Morgan fingerprint density at radius 2 is 1.86 bits per heavy atom. The van der Waals surface area contributed by atoms with Gasteiger partial charge in [-0.15, -0.1) is 0 Å². The van der Waals surface area contributed by atoms with Gasteiger partial charge in [0.2, 0.25) is 11.8 Å². The molecule has 2 N–H and O–H groups in total. The summed E-state index contributed by atoms with van der Waals surface area (Å²) in [6.07, 6.45) is 0.643. The highest BCUT2D eigenvalue weighted by Gasteiger charge is 2.47. The van der Waals surface area contributed by atoms with Crippen LogP contribution in [0.4, 0.5) is 5.69 Å². The lowest BCUT2D eigenvalue weighted by atomic mass is 10.1. The zero-order valence-corrected chi connectivity index (χ0v) is 13.8. The average Bonchev–Trinajstić information content (AvgIpc) is 3.23. The quantitative estimate of drug-likeness (QED) is 0.838. The predicted octanol–water partition coefficient (Wildman–Crippen LogP) is 1.56. The number of rotatable bonds is 6. The first kappa shape index (κ1) is 16.5. The van der Waals surface area contributed by atoms with Gasteiger partial charge in [-0.2, -0.15) is 0 Å². The van der Waals surface area contributed by atoms with E-state index in [1.165, 1.54) is 0 Å². The Kier molecular flexibility index (Phi) is 5.19. The second-order valence-corrected chi connectivity index (χ2v) is 6.35. The second-order valence-electron chi connectivity index (χ2n) is 6.35. The molecule has 1 aliphatic rings.